The smallest absolute Gasteiger partial charge is 0.307 e. The van der Waals surface area contributed by atoms with Gasteiger partial charge in [-0.3, -0.25) is 19.6 Å². The fraction of sp³-hybridized carbons (Fsp3) is 0.474. The fourth-order valence-corrected chi connectivity index (χ4v) is 23.1. The molecule has 2 amide bonds. The summed E-state index contributed by atoms with van der Waals surface area (Å²) in [6.45, 7) is 6.69. The number of carbonyl (C=O) groups is 3. The predicted octanol–water partition coefficient (Wildman–Crippen LogP) is 16.8. The average molecular weight is 1310 g/mol. The van der Waals surface area contributed by atoms with Crippen LogP contribution in [0.5, 0.6) is 0 Å². The van der Waals surface area contributed by atoms with Crippen molar-refractivity contribution in [2.24, 2.45) is 23.7 Å². The zero-order valence-electron chi connectivity index (χ0n) is 53.5. The first-order chi connectivity index (χ1) is 43.9. The summed E-state index contributed by atoms with van der Waals surface area (Å²) in [5, 5.41) is 30.9. The minimum absolute atomic E-state index is 0.0160. The van der Waals surface area contributed by atoms with E-state index in [9.17, 15) is 19.5 Å². The van der Waals surface area contributed by atoms with Crippen molar-refractivity contribution in [1.29, 1.82) is 5.26 Å². The number of nitriles is 1. The highest BCUT2D eigenvalue weighted by Gasteiger charge is 2.52. The number of nitrogens with zero attached hydrogens (tertiary/aromatic N) is 1. The molecule has 8 atom stereocenters. The Morgan fingerprint density at radius 1 is 0.456 bits per heavy atom. The number of amides is 2. The molecule has 0 spiro atoms. The summed E-state index contributed by atoms with van der Waals surface area (Å²) in [4.78, 5) is 36.5. The summed E-state index contributed by atoms with van der Waals surface area (Å²) in [5.74, 6) is 3.59. The summed E-state index contributed by atoms with van der Waals surface area (Å²) >= 11 is 7.68. The first-order valence-electron chi connectivity index (χ1n) is 33.2. The zero-order valence-corrected chi connectivity index (χ0v) is 57.8. The molecule has 482 valence electrons. The lowest BCUT2D eigenvalue weighted by atomic mass is 9.88. The van der Waals surface area contributed by atoms with Crippen molar-refractivity contribution < 1.29 is 29.2 Å². The van der Waals surface area contributed by atoms with Gasteiger partial charge in [0, 0.05) is 21.0 Å². The van der Waals surface area contributed by atoms with Gasteiger partial charge < -0.3 is 9.63 Å². The molecule has 4 fully saturated rings. The Labute approximate surface area is 557 Å². The number of aryl methyl sites for hydroxylation is 4. The van der Waals surface area contributed by atoms with Gasteiger partial charge in [-0.05, 0) is 138 Å². The maximum absolute atomic E-state index is 13.7. The molecule has 9 nitrogen and oxygen atoms in total. The van der Waals surface area contributed by atoms with Crippen LogP contribution in [0.3, 0.4) is 0 Å². The molecule has 0 saturated heterocycles. The molecule has 90 heavy (non-hydrogen) atoms. The molecule has 6 aromatic carbocycles. The molecule has 0 radical (unpaired) electrons. The van der Waals surface area contributed by atoms with Gasteiger partial charge in [0.1, 0.15) is 0 Å². The molecule has 14 heteroatoms. The number of nitrogens with one attached hydrogen (secondary N) is 2. The van der Waals surface area contributed by atoms with Crippen molar-refractivity contribution in [3.05, 3.63) is 204 Å². The zero-order chi connectivity index (χ0) is 63.7. The Morgan fingerprint density at radius 2 is 0.756 bits per heavy atom. The quantitative estimate of drug-likeness (QED) is 0.0276. The minimum Gasteiger partial charge on any atom is -0.481 e. The van der Waals surface area contributed by atoms with E-state index in [1.54, 1.807) is 0 Å². The van der Waals surface area contributed by atoms with E-state index in [1.807, 2.05) is 76.8 Å². The van der Waals surface area contributed by atoms with Crippen LogP contribution in [-0.2, 0) is 44.6 Å². The number of rotatable bonds is 23. The van der Waals surface area contributed by atoms with E-state index in [2.05, 4.69) is 190 Å². The highest BCUT2D eigenvalue weighted by atomic mass is 32.2. The van der Waals surface area contributed by atoms with Crippen LogP contribution in [-0.4, -0.2) is 80.4 Å². The van der Waals surface area contributed by atoms with Crippen LogP contribution in [0.1, 0.15) is 146 Å². The molecule has 0 aliphatic heterocycles. The molecule has 0 aromatic heterocycles. The Morgan fingerprint density at radius 3 is 1.10 bits per heavy atom. The van der Waals surface area contributed by atoms with Crippen LogP contribution < -0.4 is 21.3 Å². The van der Waals surface area contributed by atoms with Gasteiger partial charge in [0.05, 0.1) is 29.7 Å². The van der Waals surface area contributed by atoms with Crippen LogP contribution in [0, 0.1) is 35.0 Å². The molecule has 0 bridgehead atoms. The van der Waals surface area contributed by atoms with E-state index in [-0.39, 0.29) is 34.6 Å². The summed E-state index contributed by atoms with van der Waals surface area (Å²) in [7, 11) is -2.81. The van der Waals surface area contributed by atoms with Gasteiger partial charge in [-0.25, -0.2) is 11.0 Å². The second-order valence-corrected chi connectivity index (χ2v) is 34.9. The standard InChI is InChI=1S/C31H39NO2SSi.C15H21NO2S.C15H19NS.C15H20O2S/c1-31(2,3)36(26-17-9-5-10-18-26,27-19-11-6-12-20-27)34-32-30(33)28-21-13-14-22-29(28)35-24-23-25-15-7-4-8-16-25;17-15(16-18)13-8-4-5-9-14(13)19-11-10-12-6-2-1-3-7-12;16-12-14-8-4-5-9-15(14)17-11-10-13-6-2-1-3-7-13;16-15(17)13-8-4-5-9-14(13)18-11-10-12-6-2-1-3-7-12/h4-12,15-20,28-29H,13-14,21-24H2,1-3H3,(H,32,33);1-3,6-7,13-14,18H,4-5,8-11H2,(H,16,17);1-3,6-7,14-15H,4-5,8-11H2;1-3,6-7,13-14H,4-5,8-11H2,(H,16,17)/t28-,29+;13-,14+;;13-,14+/m11.1/s1. The topological polar surface area (TPSA) is 149 Å². The average Bonchev–Trinajstić information content (AvgIpc) is 0.847. The van der Waals surface area contributed by atoms with Gasteiger partial charge >= 0.3 is 5.97 Å². The van der Waals surface area contributed by atoms with E-state index in [4.69, 9.17) is 15.0 Å². The van der Waals surface area contributed by atoms with E-state index >= 15 is 0 Å². The van der Waals surface area contributed by atoms with Gasteiger partial charge in [-0.1, -0.05) is 254 Å². The van der Waals surface area contributed by atoms with Gasteiger partial charge in [0.25, 0.3) is 8.32 Å². The second-order valence-electron chi connectivity index (χ2n) is 25.3. The monoisotopic (exact) mass is 1310 g/mol. The lowest BCUT2D eigenvalue weighted by molar-refractivity contribution is -0.142. The Balaban J connectivity index is 0.000000182. The van der Waals surface area contributed by atoms with Crippen molar-refractivity contribution in [2.75, 3.05) is 23.0 Å². The number of hydroxylamine groups is 2. The van der Waals surface area contributed by atoms with E-state index < -0.39 is 14.3 Å². The number of carboxylic acid groups (broad SMARTS) is 1. The number of hydrogen-bond acceptors (Lipinski definition) is 10. The van der Waals surface area contributed by atoms with Crippen molar-refractivity contribution >= 4 is 83.5 Å². The normalized spacial score (nSPS) is 21.6. The summed E-state index contributed by atoms with van der Waals surface area (Å²) in [6.07, 6.45) is 21.9. The van der Waals surface area contributed by atoms with Crippen LogP contribution in [0.15, 0.2) is 182 Å². The number of carbonyl (C=O) groups excluding carboxylic acids is 2. The number of benzene rings is 6. The van der Waals surface area contributed by atoms with Crippen molar-refractivity contribution in [3.63, 3.8) is 0 Å². The van der Waals surface area contributed by atoms with E-state index in [1.165, 1.54) is 71.2 Å². The SMILES string of the molecule is CC(C)(C)[Si](ONC(=O)[C@@H]1CCCC[C@@H]1SCCc1ccccc1)(c1ccccc1)c1ccccc1.N#CC1CCCCC1SCCc1ccccc1.O=C(NO)[C@@H]1CCCC[C@@H]1SCCc1ccccc1.O=C(O)[C@@H]1CCCC[C@@H]1SCCc1ccccc1. The molecule has 10 rings (SSSR count). The third-order valence-electron chi connectivity index (χ3n) is 18.1. The third kappa shape index (κ3) is 23.4. The number of hydrogen-bond donors (Lipinski definition) is 4. The predicted molar refractivity (Wildman–Crippen MR) is 383 cm³/mol. The number of aliphatic carboxylic acids is 1. The second kappa shape index (κ2) is 40.0. The Kier molecular flexibility index (Phi) is 32.1. The van der Waals surface area contributed by atoms with Gasteiger partial charge in [0.2, 0.25) is 11.8 Å². The first kappa shape index (κ1) is 72.2. The molecule has 6 aromatic rings. The molecule has 2 unspecified atom stereocenters. The van der Waals surface area contributed by atoms with Crippen LogP contribution in [0.25, 0.3) is 0 Å². The highest BCUT2D eigenvalue weighted by Crippen LogP contribution is 2.39. The summed E-state index contributed by atoms with van der Waals surface area (Å²) in [5.41, 5.74) is 10.3. The molecular formula is C76H99N3O6S4Si. The van der Waals surface area contributed by atoms with Crippen LogP contribution in [0.2, 0.25) is 5.04 Å². The first-order valence-corrected chi connectivity index (χ1v) is 39.3. The van der Waals surface area contributed by atoms with E-state index in [0.717, 1.165) is 113 Å². The number of thioether (sulfide) groups is 4. The van der Waals surface area contributed by atoms with Crippen molar-refractivity contribution in [3.8, 4) is 6.07 Å². The van der Waals surface area contributed by atoms with Gasteiger partial charge in [-0.2, -0.15) is 52.3 Å². The Hall–Kier alpha value is -5.24. The fourth-order valence-electron chi connectivity index (χ4n) is 13.0. The van der Waals surface area contributed by atoms with Crippen molar-refractivity contribution in [1.82, 2.24) is 11.0 Å². The van der Waals surface area contributed by atoms with E-state index in [0.29, 0.717) is 26.9 Å². The van der Waals surface area contributed by atoms with Crippen molar-refractivity contribution in [2.45, 2.75) is 175 Å². The molecular weight excluding hydrogens is 1210 g/mol. The molecule has 0 heterocycles. The molecule has 4 aliphatic rings. The lowest BCUT2D eigenvalue weighted by Gasteiger charge is -2.42. The third-order valence-corrected chi connectivity index (χ3v) is 28.6. The van der Waals surface area contributed by atoms with Gasteiger partial charge in [-0.15, -0.1) is 0 Å². The highest BCUT2D eigenvalue weighted by molar-refractivity contribution is 8.00. The molecule has 4 aliphatic carbocycles. The van der Waals surface area contributed by atoms with Crippen LogP contribution >= 0.6 is 47.0 Å². The van der Waals surface area contributed by atoms with Gasteiger partial charge in [0.15, 0.2) is 0 Å². The largest absolute Gasteiger partial charge is 0.481 e. The minimum atomic E-state index is -2.81. The molecule has 4 saturated carbocycles. The maximum atomic E-state index is 13.7. The molecule has 4 N–H and O–H groups in total. The summed E-state index contributed by atoms with van der Waals surface area (Å²) < 4.78 is 6.73. The summed E-state index contributed by atoms with van der Waals surface area (Å²) in [6, 6.07) is 65.5. The number of carboxylic acids is 1. The lowest BCUT2D eigenvalue weighted by Crippen LogP contribution is -2.69. The Bertz CT molecular complexity index is 2960. The maximum Gasteiger partial charge on any atom is 0.307 e. The van der Waals surface area contributed by atoms with Crippen LogP contribution in [0.4, 0.5) is 0 Å².